The number of hydrogen-bond donors (Lipinski definition) is 1. The summed E-state index contributed by atoms with van der Waals surface area (Å²) >= 11 is 0. The standard InChI is InChI=1S/C22H21N7O2/c23-22-24-7-16(8-25-22)13-1-3-14(4-2-13)19(15-5-6-15)20-27-21(31-28-20)17-9-26-29(10-17)18-11-30-12-18/h1-4,7-10,15,18-19H,5-6,11-12H2,(H2,23,24,25)/t19-/m0/s1. The molecule has 1 saturated heterocycles. The summed E-state index contributed by atoms with van der Waals surface area (Å²) in [5.74, 6) is 2.15. The zero-order valence-electron chi connectivity index (χ0n) is 16.8. The first-order chi connectivity index (χ1) is 15.2. The Morgan fingerprint density at radius 1 is 0.968 bits per heavy atom. The third-order valence-electron chi connectivity index (χ3n) is 5.93. The molecule has 4 aromatic rings. The summed E-state index contributed by atoms with van der Waals surface area (Å²) in [7, 11) is 0. The van der Waals surface area contributed by atoms with Gasteiger partial charge in [-0.25, -0.2) is 9.97 Å². The van der Waals surface area contributed by atoms with Gasteiger partial charge in [0.25, 0.3) is 5.89 Å². The average Bonchev–Trinajstić information content (AvgIpc) is 3.26. The van der Waals surface area contributed by atoms with Gasteiger partial charge in [0.05, 0.1) is 36.9 Å². The quantitative estimate of drug-likeness (QED) is 0.510. The van der Waals surface area contributed by atoms with Gasteiger partial charge in [-0.1, -0.05) is 29.4 Å². The Bertz CT molecular complexity index is 1190. The lowest BCUT2D eigenvalue weighted by Crippen LogP contribution is -2.30. The Balaban J connectivity index is 1.26. The fourth-order valence-electron chi connectivity index (χ4n) is 3.93. The first kappa shape index (κ1) is 18.2. The number of nitrogens with two attached hydrogens (primary N) is 1. The van der Waals surface area contributed by atoms with Crippen molar-refractivity contribution in [1.82, 2.24) is 29.9 Å². The molecule has 1 atom stereocenters. The monoisotopic (exact) mass is 415 g/mol. The van der Waals surface area contributed by atoms with Gasteiger partial charge in [0, 0.05) is 24.2 Å². The number of benzene rings is 1. The van der Waals surface area contributed by atoms with Crippen LogP contribution in [-0.2, 0) is 4.74 Å². The minimum Gasteiger partial charge on any atom is -0.377 e. The predicted octanol–water partition coefficient (Wildman–Crippen LogP) is 3.09. The van der Waals surface area contributed by atoms with Crippen LogP contribution in [-0.4, -0.2) is 43.1 Å². The van der Waals surface area contributed by atoms with Crippen LogP contribution >= 0.6 is 0 Å². The van der Waals surface area contributed by atoms with Crippen molar-refractivity contribution in [2.45, 2.75) is 24.8 Å². The molecule has 0 amide bonds. The van der Waals surface area contributed by atoms with Crippen LogP contribution in [0.5, 0.6) is 0 Å². The van der Waals surface area contributed by atoms with Gasteiger partial charge in [-0.05, 0) is 29.9 Å². The third-order valence-corrected chi connectivity index (χ3v) is 5.93. The van der Waals surface area contributed by atoms with Gasteiger partial charge in [0.2, 0.25) is 5.95 Å². The Kier molecular flexibility index (Phi) is 4.27. The maximum absolute atomic E-state index is 5.61. The summed E-state index contributed by atoms with van der Waals surface area (Å²) in [5, 5.41) is 8.74. The highest BCUT2D eigenvalue weighted by atomic mass is 16.5. The van der Waals surface area contributed by atoms with E-state index in [2.05, 4.69) is 44.5 Å². The van der Waals surface area contributed by atoms with Crippen LogP contribution in [0.1, 0.15) is 36.2 Å². The highest BCUT2D eigenvalue weighted by Gasteiger charge is 2.36. The van der Waals surface area contributed by atoms with E-state index in [1.807, 2.05) is 10.9 Å². The molecule has 3 aromatic heterocycles. The minimum absolute atomic E-state index is 0.115. The van der Waals surface area contributed by atoms with Crippen LogP contribution in [0, 0.1) is 5.92 Å². The molecule has 156 valence electrons. The molecule has 2 fully saturated rings. The van der Waals surface area contributed by atoms with Gasteiger partial charge in [0.1, 0.15) is 0 Å². The number of aromatic nitrogens is 6. The van der Waals surface area contributed by atoms with E-state index in [0.29, 0.717) is 31.1 Å². The van der Waals surface area contributed by atoms with Crippen LogP contribution in [0.4, 0.5) is 5.95 Å². The van der Waals surface area contributed by atoms with Gasteiger partial charge in [0.15, 0.2) is 5.82 Å². The number of rotatable bonds is 6. The largest absolute Gasteiger partial charge is 0.377 e. The first-order valence-corrected chi connectivity index (χ1v) is 10.4. The molecule has 1 aliphatic carbocycles. The minimum atomic E-state index is 0.115. The fraction of sp³-hybridized carbons (Fsp3) is 0.318. The molecule has 0 unspecified atom stereocenters. The Hall–Kier alpha value is -3.59. The maximum atomic E-state index is 5.61. The van der Waals surface area contributed by atoms with E-state index < -0.39 is 0 Å². The summed E-state index contributed by atoms with van der Waals surface area (Å²) in [6.07, 6.45) is 9.52. The van der Waals surface area contributed by atoms with Gasteiger partial charge in [-0.3, -0.25) is 4.68 Å². The van der Waals surface area contributed by atoms with Crippen molar-refractivity contribution in [2.24, 2.45) is 5.92 Å². The second-order valence-corrected chi connectivity index (χ2v) is 8.13. The smallest absolute Gasteiger partial charge is 0.261 e. The van der Waals surface area contributed by atoms with E-state index in [4.69, 9.17) is 20.0 Å². The van der Waals surface area contributed by atoms with E-state index in [1.54, 1.807) is 18.6 Å². The normalized spacial score (nSPS) is 17.4. The van der Waals surface area contributed by atoms with E-state index in [1.165, 1.54) is 18.4 Å². The van der Waals surface area contributed by atoms with Gasteiger partial charge >= 0.3 is 0 Å². The van der Waals surface area contributed by atoms with Crippen LogP contribution in [0.25, 0.3) is 22.6 Å². The van der Waals surface area contributed by atoms with Crippen molar-refractivity contribution in [3.8, 4) is 22.6 Å². The number of nitrogens with zero attached hydrogens (tertiary/aromatic N) is 6. The predicted molar refractivity (Wildman–Crippen MR) is 112 cm³/mol. The molecule has 6 rings (SSSR count). The van der Waals surface area contributed by atoms with Crippen molar-refractivity contribution in [2.75, 3.05) is 18.9 Å². The first-order valence-electron chi connectivity index (χ1n) is 10.4. The molecular weight excluding hydrogens is 394 g/mol. The number of nitrogen functional groups attached to an aromatic ring is 1. The lowest BCUT2D eigenvalue weighted by molar-refractivity contribution is -0.0286. The molecule has 0 spiro atoms. The van der Waals surface area contributed by atoms with Crippen molar-refractivity contribution in [3.63, 3.8) is 0 Å². The van der Waals surface area contributed by atoms with E-state index in [-0.39, 0.29) is 11.9 Å². The third kappa shape index (κ3) is 3.46. The average molecular weight is 415 g/mol. The molecule has 1 saturated carbocycles. The molecule has 9 heteroatoms. The summed E-state index contributed by atoms with van der Waals surface area (Å²) in [5.41, 5.74) is 9.57. The lowest BCUT2D eigenvalue weighted by Gasteiger charge is -2.25. The van der Waals surface area contributed by atoms with Crippen LogP contribution in [0.3, 0.4) is 0 Å². The Morgan fingerprint density at radius 2 is 1.74 bits per heavy atom. The molecule has 0 radical (unpaired) electrons. The highest BCUT2D eigenvalue weighted by Crippen LogP contribution is 2.46. The molecular formula is C22H21N7O2. The summed E-state index contributed by atoms with van der Waals surface area (Å²) in [4.78, 5) is 12.9. The SMILES string of the molecule is Nc1ncc(-c2ccc([C@H](c3noc(-c4cnn(C5COC5)c4)n3)C3CC3)cc2)cn1. The highest BCUT2D eigenvalue weighted by molar-refractivity contribution is 5.62. The molecule has 2 aliphatic rings. The fourth-order valence-corrected chi connectivity index (χ4v) is 3.93. The van der Waals surface area contributed by atoms with Gasteiger partial charge in [-0.2, -0.15) is 10.1 Å². The molecule has 1 aromatic carbocycles. The maximum Gasteiger partial charge on any atom is 0.261 e. The van der Waals surface area contributed by atoms with Crippen LogP contribution in [0.15, 0.2) is 53.6 Å². The van der Waals surface area contributed by atoms with Gasteiger partial charge in [-0.15, -0.1) is 0 Å². The van der Waals surface area contributed by atoms with E-state index >= 15 is 0 Å². The Morgan fingerprint density at radius 3 is 2.42 bits per heavy atom. The van der Waals surface area contributed by atoms with Gasteiger partial charge < -0.3 is 15.0 Å². The van der Waals surface area contributed by atoms with Crippen molar-refractivity contribution in [3.05, 3.63) is 60.4 Å². The second kappa shape index (κ2) is 7.28. The zero-order valence-corrected chi connectivity index (χ0v) is 16.8. The molecule has 2 N–H and O–H groups in total. The molecule has 0 bridgehead atoms. The summed E-state index contributed by atoms with van der Waals surface area (Å²) < 4.78 is 12.7. The number of hydrogen-bond acceptors (Lipinski definition) is 8. The van der Waals surface area contributed by atoms with Crippen molar-refractivity contribution >= 4 is 5.95 Å². The molecule has 1 aliphatic heterocycles. The number of ether oxygens (including phenoxy) is 1. The summed E-state index contributed by atoms with van der Waals surface area (Å²) in [6, 6.07) is 8.69. The molecule has 31 heavy (non-hydrogen) atoms. The lowest BCUT2D eigenvalue weighted by atomic mass is 9.92. The molecule has 4 heterocycles. The van der Waals surface area contributed by atoms with Crippen molar-refractivity contribution in [1.29, 1.82) is 0 Å². The number of anilines is 1. The Labute approximate surface area is 178 Å². The van der Waals surface area contributed by atoms with Crippen LogP contribution < -0.4 is 5.73 Å². The van der Waals surface area contributed by atoms with E-state index in [0.717, 1.165) is 22.5 Å². The summed E-state index contributed by atoms with van der Waals surface area (Å²) in [6.45, 7) is 1.39. The second-order valence-electron chi connectivity index (χ2n) is 8.13. The van der Waals surface area contributed by atoms with Crippen molar-refractivity contribution < 1.29 is 9.26 Å². The molecule has 9 nitrogen and oxygen atoms in total. The zero-order chi connectivity index (χ0) is 20.8. The van der Waals surface area contributed by atoms with Crippen LogP contribution in [0.2, 0.25) is 0 Å². The van der Waals surface area contributed by atoms with E-state index in [9.17, 15) is 0 Å². The topological polar surface area (TPSA) is 118 Å².